The number of nitro benzene ring substituents is 1. The average molecular weight is 452 g/mol. The van der Waals surface area contributed by atoms with E-state index in [1.54, 1.807) is 0 Å². The molecule has 4 rings (SSSR count). The normalized spacial score (nSPS) is 12.6. The number of non-ortho nitro benzene ring substituents is 1. The van der Waals surface area contributed by atoms with Crippen LogP contribution >= 0.6 is 0 Å². The van der Waals surface area contributed by atoms with Crippen LogP contribution in [0.2, 0.25) is 0 Å². The van der Waals surface area contributed by atoms with E-state index in [1.807, 2.05) is 0 Å². The number of hydrogen-bond donors (Lipinski definition) is 0. The third kappa shape index (κ3) is 3.45. The fourth-order valence-electron chi connectivity index (χ4n) is 4.00. The first kappa shape index (κ1) is 21.7. The highest BCUT2D eigenvalue weighted by atomic mass is 19.4. The Balaban J connectivity index is 2.18. The summed E-state index contributed by atoms with van der Waals surface area (Å²) in [5.74, 6) is 0. The molecule has 0 radical (unpaired) electrons. The fraction of sp³-hybridized carbons (Fsp3) is 0.182. The fourth-order valence-corrected chi connectivity index (χ4v) is 4.00. The molecule has 0 saturated heterocycles. The highest BCUT2D eigenvalue weighted by molar-refractivity contribution is 6.09. The molecule has 0 unspecified atom stereocenters. The van der Waals surface area contributed by atoms with Gasteiger partial charge in [0.15, 0.2) is 0 Å². The minimum absolute atomic E-state index is 0.0502. The summed E-state index contributed by atoms with van der Waals surface area (Å²) >= 11 is 0. The van der Waals surface area contributed by atoms with E-state index in [4.69, 9.17) is 0 Å². The molecule has 10 heteroatoms. The maximum Gasteiger partial charge on any atom is 0.416 e. The molecule has 4 aromatic rings. The summed E-state index contributed by atoms with van der Waals surface area (Å²) in [6.07, 6.45) is -9.32. The second kappa shape index (κ2) is 6.98. The van der Waals surface area contributed by atoms with Crippen molar-refractivity contribution in [1.29, 1.82) is 0 Å². The van der Waals surface area contributed by atoms with E-state index < -0.39 is 28.4 Å². The van der Waals surface area contributed by atoms with Gasteiger partial charge in [0.2, 0.25) is 0 Å². The third-order valence-electron chi connectivity index (χ3n) is 5.33. The van der Waals surface area contributed by atoms with Gasteiger partial charge in [-0.15, -0.1) is 0 Å². The molecule has 0 aliphatic heterocycles. The van der Waals surface area contributed by atoms with Gasteiger partial charge < -0.3 is 4.57 Å². The summed E-state index contributed by atoms with van der Waals surface area (Å²) in [6, 6.07) is 8.42. The number of hydrogen-bond acceptors (Lipinski definition) is 2. The van der Waals surface area contributed by atoms with E-state index in [1.165, 1.54) is 42.7 Å². The van der Waals surface area contributed by atoms with Gasteiger partial charge in [-0.25, -0.2) is 0 Å². The quantitative estimate of drug-likeness (QED) is 0.181. The molecule has 0 amide bonds. The molecule has 3 aromatic carbocycles. The van der Waals surface area contributed by atoms with Crippen LogP contribution in [-0.2, 0) is 12.4 Å². The van der Waals surface area contributed by atoms with Gasteiger partial charge in [0.05, 0.1) is 32.8 Å². The number of rotatable bonds is 2. The lowest BCUT2D eigenvalue weighted by Crippen LogP contribution is -2.07. The van der Waals surface area contributed by atoms with Crippen molar-refractivity contribution in [3.63, 3.8) is 0 Å². The summed E-state index contributed by atoms with van der Waals surface area (Å²) in [5.41, 5.74) is -1.07. The SMILES string of the molecule is Cc1cc([N+](=O)[O-])cc(C)c1-n1c2cc(C(F)(F)F)ccc2c2ccc(C(F)(F)F)cc21. The van der Waals surface area contributed by atoms with E-state index in [9.17, 15) is 36.5 Å². The van der Waals surface area contributed by atoms with Gasteiger partial charge in [-0.2, -0.15) is 26.3 Å². The van der Waals surface area contributed by atoms with Crippen LogP contribution in [0.4, 0.5) is 32.0 Å². The van der Waals surface area contributed by atoms with Gasteiger partial charge in [-0.05, 0) is 49.2 Å². The number of nitro groups is 1. The van der Waals surface area contributed by atoms with Crippen LogP contribution in [-0.4, -0.2) is 9.49 Å². The maximum atomic E-state index is 13.4. The number of nitrogens with zero attached hydrogens (tertiary/aromatic N) is 2. The Kier molecular flexibility index (Phi) is 4.72. The van der Waals surface area contributed by atoms with Crippen molar-refractivity contribution in [2.45, 2.75) is 26.2 Å². The van der Waals surface area contributed by atoms with Crippen LogP contribution in [0.25, 0.3) is 27.5 Å². The predicted molar refractivity (Wildman–Crippen MR) is 107 cm³/mol. The third-order valence-corrected chi connectivity index (χ3v) is 5.33. The Morgan fingerprint density at radius 1 is 0.750 bits per heavy atom. The first-order valence-corrected chi connectivity index (χ1v) is 9.27. The van der Waals surface area contributed by atoms with Gasteiger partial charge in [0, 0.05) is 22.9 Å². The molecule has 1 aromatic heterocycles. The first-order chi connectivity index (χ1) is 14.8. The van der Waals surface area contributed by atoms with E-state index in [0.717, 1.165) is 24.3 Å². The molecule has 166 valence electrons. The standard InChI is InChI=1S/C22H14F6N2O2/c1-11-7-15(30(31)32)8-12(2)20(11)29-18-9-13(21(23,24)25)3-5-16(18)17-6-4-14(10-19(17)29)22(26,27)28/h3-10H,1-2H3. The maximum absolute atomic E-state index is 13.4. The van der Waals surface area contributed by atoms with Gasteiger partial charge in [0.25, 0.3) is 5.69 Å². The number of aromatic nitrogens is 1. The predicted octanol–water partition coefficient (Wildman–Crippen LogP) is 7.35. The van der Waals surface area contributed by atoms with Crippen molar-refractivity contribution >= 4 is 27.5 Å². The minimum Gasteiger partial charge on any atom is -0.309 e. The Morgan fingerprint density at radius 2 is 1.16 bits per heavy atom. The molecular weight excluding hydrogens is 438 g/mol. The van der Waals surface area contributed by atoms with Crippen molar-refractivity contribution < 1.29 is 31.3 Å². The van der Waals surface area contributed by atoms with Crippen LogP contribution in [0.1, 0.15) is 22.3 Å². The lowest BCUT2D eigenvalue weighted by Gasteiger charge is -2.16. The summed E-state index contributed by atoms with van der Waals surface area (Å²) in [4.78, 5) is 10.6. The molecule has 0 N–H and O–H groups in total. The zero-order valence-electron chi connectivity index (χ0n) is 16.6. The van der Waals surface area contributed by atoms with E-state index >= 15 is 0 Å². The monoisotopic (exact) mass is 452 g/mol. The number of alkyl halides is 6. The molecule has 1 heterocycles. The molecule has 0 bridgehead atoms. The lowest BCUT2D eigenvalue weighted by atomic mass is 10.1. The summed E-state index contributed by atoms with van der Waals surface area (Å²) < 4.78 is 81.7. The summed E-state index contributed by atoms with van der Waals surface area (Å²) in [5, 5.41) is 11.9. The van der Waals surface area contributed by atoms with Crippen LogP contribution in [0, 0.1) is 24.0 Å². The molecule has 0 aliphatic rings. The van der Waals surface area contributed by atoms with Crippen LogP contribution < -0.4 is 0 Å². The van der Waals surface area contributed by atoms with Crippen molar-refractivity contribution in [1.82, 2.24) is 4.57 Å². The Morgan fingerprint density at radius 3 is 1.50 bits per heavy atom. The van der Waals surface area contributed by atoms with Gasteiger partial charge in [-0.3, -0.25) is 10.1 Å². The number of fused-ring (bicyclic) bond motifs is 3. The molecule has 0 atom stereocenters. The topological polar surface area (TPSA) is 48.1 Å². The average Bonchev–Trinajstić information content (AvgIpc) is 2.99. The molecule has 0 spiro atoms. The van der Waals surface area contributed by atoms with Gasteiger partial charge >= 0.3 is 12.4 Å². The zero-order valence-corrected chi connectivity index (χ0v) is 16.6. The molecular formula is C22H14F6N2O2. The molecule has 0 aliphatic carbocycles. The van der Waals surface area contributed by atoms with E-state index in [2.05, 4.69) is 0 Å². The van der Waals surface area contributed by atoms with Crippen molar-refractivity contribution in [2.24, 2.45) is 0 Å². The first-order valence-electron chi connectivity index (χ1n) is 9.27. The molecule has 0 fully saturated rings. The van der Waals surface area contributed by atoms with Gasteiger partial charge in [0.1, 0.15) is 0 Å². The van der Waals surface area contributed by atoms with Crippen molar-refractivity contribution in [3.8, 4) is 5.69 Å². The Bertz CT molecular complexity index is 1310. The van der Waals surface area contributed by atoms with Crippen LogP contribution in [0.3, 0.4) is 0 Å². The molecule has 0 saturated carbocycles. The summed E-state index contributed by atoms with van der Waals surface area (Å²) in [6.45, 7) is 3.04. The zero-order chi connectivity index (χ0) is 23.6. The summed E-state index contributed by atoms with van der Waals surface area (Å²) in [7, 11) is 0. The number of halogens is 6. The number of benzene rings is 3. The highest BCUT2D eigenvalue weighted by Gasteiger charge is 2.33. The van der Waals surface area contributed by atoms with Crippen molar-refractivity contribution in [2.75, 3.05) is 0 Å². The highest BCUT2D eigenvalue weighted by Crippen LogP contribution is 2.41. The smallest absolute Gasteiger partial charge is 0.309 e. The molecule has 4 nitrogen and oxygen atoms in total. The second-order valence-electron chi connectivity index (χ2n) is 7.48. The largest absolute Gasteiger partial charge is 0.416 e. The Hall–Kier alpha value is -3.56. The van der Waals surface area contributed by atoms with Gasteiger partial charge in [-0.1, -0.05) is 12.1 Å². The number of aryl methyl sites for hydroxylation is 2. The van der Waals surface area contributed by atoms with E-state index in [-0.39, 0.29) is 22.4 Å². The second-order valence-corrected chi connectivity index (χ2v) is 7.48. The van der Waals surface area contributed by atoms with Crippen LogP contribution in [0.5, 0.6) is 0 Å². The lowest BCUT2D eigenvalue weighted by molar-refractivity contribution is -0.384. The van der Waals surface area contributed by atoms with E-state index in [0.29, 0.717) is 21.9 Å². The Labute approximate surface area is 176 Å². The molecule has 32 heavy (non-hydrogen) atoms. The van der Waals surface area contributed by atoms with Crippen molar-refractivity contribution in [3.05, 3.63) is 80.9 Å². The minimum atomic E-state index is -4.66. The van der Waals surface area contributed by atoms with Crippen LogP contribution in [0.15, 0.2) is 48.5 Å².